The minimum Gasteiger partial charge on any atom is -0.388 e. The molecule has 9 nitrogen and oxygen atoms in total. The second kappa shape index (κ2) is 12.2. The molecule has 1 aromatic carbocycles. The number of benzene rings is 1. The lowest BCUT2D eigenvalue weighted by atomic mass is 9.88. The molecule has 0 saturated carbocycles. The number of hydrogen-bond donors (Lipinski definition) is 2. The highest BCUT2D eigenvalue weighted by Crippen LogP contribution is 2.44. The second-order valence-electron chi connectivity index (χ2n) is 14.5. The fourth-order valence-electron chi connectivity index (χ4n) is 9.19. The lowest BCUT2D eigenvalue weighted by Crippen LogP contribution is -2.31. The van der Waals surface area contributed by atoms with Crippen LogP contribution in [0.15, 0.2) is 61.2 Å². The first-order chi connectivity index (χ1) is 23.9. The van der Waals surface area contributed by atoms with Crippen molar-refractivity contribution in [1.29, 1.82) is 0 Å². The molecule has 250 valence electrons. The third kappa shape index (κ3) is 5.26. The Morgan fingerprint density at radius 3 is 2.73 bits per heavy atom. The zero-order chi connectivity index (χ0) is 33.2. The normalized spacial score (nSPS) is 20.1. The average Bonchev–Trinajstić information content (AvgIpc) is 3.82. The maximum absolute atomic E-state index is 11.1. The van der Waals surface area contributed by atoms with Crippen LogP contribution in [0, 0.1) is 6.92 Å². The van der Waals surface area contributed by atoms with Gasteiger partial charge in [-0.25, -0.2) is 0 Å². The van der Waals surface area contributed by atoms with Crippen LogP contribution in [0.5, 0.6) is 0 Å². The number of aromatic nitrogens is 6. The van der Waals surface area contributed by atoms with Crippen molar-refractivity contribution in [3.8, 4) is 0 Å². The third-order valence-corrected chi connectivity index (χ3v) is 11.4. The minimum atomic E-state index is -0.600. The number of nitrogens with one attached hydrogen (secondary N) is 1. The fraction of sp³-hybridized carbons (Fsp3) is 0.400. The third-order valence-electron chi connectivity index (χ3n) is 11.4. The fourth-order valence-corrected chi connectivity index (χ4v) is 9.19. The molecule has 0 aliphatic carbocycles. The summed E-state index contributed by atoms with van der Waals surface area (Å²) in [5.41, 5.74) is 14.2. The highest BCUT2D eigenvalue weighted by Gasteiger charge is 2.36. The summed E-state index contributed by atoms with van der Waals surface area (Å²) in [6, 6.07) is 13.1. The Kier molecular flexibility index (Phi) is 7.59. The Labute approximate surface area is 287 Å². The van der Waals surface area contributed by atoms with Crippen LogP contribution in [0.3, 0.4) is 0 Å². The van der Waals surface area contributed by atoms with Gasteiger partial charge in [-0.05, 0) is 86.7 Å². The van der Waals surface area contributed by atoms with E-state index in [1.54, 1.807) is 18.0 Å². The van der Waals surface area contributed by atoms with Gasteiger partial charge < -0.3 is 14.7 Å². The van der Waals surface area contributed by atoms with Gasteiger partial charge in [-0.15, -0.1) is 0 Å². The highest BCUT2D eigenvalue weighted by molar-refractivity contribution is 5.89. The van der Waals surface area contributed by atoms with Crippen LogP contribution in [0.2, 0.25) is 0 Å². The molecule has 1 saturated heterocycles. The summed E-state index contributed by atoms with van der Waals surface area (Å²) >= 11 is 0. The molecule has 0 bridgehead atoms. The van der Waals surface area contributed by atoms with Gasteiger partial charge in [0.25, 0.3) is 0 Å². The lowest BCUT2D eigenvalue weighted by Gasteiger charge is -2.30. The number of pyridine rings is 2. The number of aliphatic hydroxyl groups excluding tert-OH is 1. The molecule has 49 heavy (non-hydrogen) atoms. The molecule has 5 aromatic heterocycles. The molecule has 3 aliphatic rings. The molecular weight excluding hydrogens is 608 g/mol. The Morgan fingerprint density at radius 1 is 0.980 bits per heavy atom. The molecule has 6 aromatic rings. The molecule has 9 heteroatoms. The summed E-state index contributed by atoms with van der Waals surface area (Å²) < 4.78 is 2.45. The average molecular weight is 653 g/mol. The van der Waals surface area contributed by atoms with Gasteiger partial charge in [0.05, 0.1) is 28.7 Å². The maximum atomic E-state index is 11.1. The first-order valence-electron chi connectivity index (χ1n) is 17.8. The van der Waals surface area contributed by atoms with Crippen LogP contribution in [0.1, 0.15) is 87.3 Å². The summed E-state index contributed by atoms with van der Waals surface area (Å²) in [5.74, 6) is 0.0908. The van der Waals surface area contributed by atoms with Gasteiger partial charge in [-0.1, -0.05) is 18.2 Å². The quantitative estimate of drug-likeness (QED) is 0.222. The summed E-state index contributed by atoms with van der Waals surface area (Å²) in [6.45, 7) is 6.24. The van der Waals surface area contributed by atoms with E-state index in [1.807, 2.05) is 24.5 Å². The molecule has 3 unspecified atom stereocenters. The van der Waals surface area contributed by atoms with Crippen molar-refractivity contribution in [2.24, 2.45) is 7.05 Å². The SMILES string of the molecule is Cc1cc2c3c(n(C)c2c(CCc2cncc(C4CN(C)Cc5[nH]c6c(CC(O)c7ccncc7)cccc6c54)n2)n1)CCN1CCCC31. The molecule has 1 fully saturated rings. The standard InChI is InChI=1S/C40H44N8O/c1-24-18-29-38-34(13-17-48-16-5-8-35(38)48)47(3)40(29)31(43-24)10-9-27-20-42-21-32(44-27)30-22-46(2)23-33-37(30)28-7-4-6-26(39(28)45-33)19-36(49)25-11-14-41-15-12-25/h4,6-7,11-12,14-15,18,20-21,30,35-36,45,49H,5,8-10,13,16-17,19,22-23H2,1-3H3. The molecule has 0 amide bonds. The zero-order valence-corrected chi connectivity index (χ0v) is 28.7. The van der Waals surface area contributed by atoms with Gasteiger partial charge in [0.2, 0.25) is 0 Å². The number of para-hydroxylation sites is 1. The Hall–Kier alpha value is -4.44. The topological polar surface area (TPSA) is 99.0 Å². The van der Waals surface area contributed by atoms with Gasteiger partial charge >= 0.3 is 0 Å². The highest BCUT2D eigenvalue weighted by atomic mass is 16.3. The number of aromatic amines is 1. The molecule has 3 aliphatic heterocycles. The number of rotatable bonds is 7. The van der Waals surface area contributed by atoms with Gasteiger partial charge in [0.15, 0.2) is 0 Å². The van der Waals surface area contributed by atoms with E-state index in [0.717, 1.165) is 72.6 Å². The first-order valence-corrected chi connectivity index (χ1v) is 17.8. The molecule has 3 atom stereocenters. The predicted octanol–water partition coefficient (Wildman–Crippen LogP) is 5.88. The molecule has 2 N–H and O–H groups in total. The molecule has 8 heterocycles. The van der Waals surface area contributed by atoms with E-state index in [1.165, 1.54) is 58.3 Å². The molecule has 0 spiro atoms. The van der Waals surface area contributed by atoms with E-state index < -0.39 is 6.10 Å². The van der Waals surface area contributed by atoms with Crippen molar-refractivity contribution in [3.05, 3.63) is 118 Å². The Balaban J connectivity index is 1.02. The smallest absolute Gasteiger partial charge is 0.0832 e. The van der Waals surface area contributed by atoms with Crippen molar-refractivity contribution in [3.63, 3.8) is 0 Å². The predicted molar refractivity (Wildman–Crippen MR) is 192 cm³/mol. The Morgan fingerprint density at radius 2 is 1.86 bits per heavy atom. The van der Waals surface area contributed by atoms with E-state index in [2.05, 4.69) is 69.6 Å². The molecule has 0 radical (unpaired) electrons. The number of aliphatic hydroxyl groups is 1. The monoisotopic (exact) mass is 652 g/mol. The maximum Gasteiger partial charge on any atom is 0.0832 e. The van der Waals surface area contributed by atoms with Crippen molar-refractivity contribution < 1.29 is 5.11 Å². The van der Waals surface area contributed by atoms with Crippen LogP contribution in [0.4, 0.5) is 0 Å². The zero-order valence-electron chi connectivity index (χ0n) is 28.7. The number of likely N-dealkylation sites (N-methyl/N-ethyl adjacent to an activating group) is 1. The van der Waals surface area contributed by atoms with Gasteiger partial charge in [0.1, 0.15) is 0 Å². The number of nitrogens with zero attached hydrogens (tertiary/aromatic N) is 7. The lowest BCUT2D eigenvalue weighted by molar-refractivity contribution is 0.178. The van der Waals surface area contributed by atoms with E-state index >= 15 is 0 Å². The van der Waals surface area contributed by atoms with Crippen molar-refractivity contribution in [1.82, 2.24) is 39.3 Å². The summed E-state index contributed by atoms with van der Waals surface area (Å²) in [4.78, 5) is 28.1. The number of fused-ring (bicyclic) bond motifs is 8. The number of hydrogen-bond acceptors (Lipinski definition) is 7. The van der Waals surface area contributed by atoms with Gasteiger partial charge in [-0.2, -0.15) is 0 Å². The van der Waals surface area contributed by atoms with E-state index in [9.17, 15) is 5.11 Å². The molecule has 9 rings (SSSR count). The number of aryl methyl sites for hydroxylation is 4. The van der Waals surface area contributed by atoms with Crippen LogP contribution >= 0.6 is 0 Å². The molecular formula is C40H44N8O. The van der Waals surface area contributed by atoms with E-state index in [-0.39, 0.29) is 5.92 Å². The van der Waals surface area contributed by atoms with Crippen LogP contribution in [-0.2, 0) is 39.3 Å². The van der Waals surface area contributed by atoms with Crippen LogP contribution in [0.25, 0.3) is 21.8 Å². The minimum absolute atomic E-state index is 0.0908. The van der Waals surface area contributed by atoms with E-state index in [0.29, 0.717) is 12.5 Å². The largest absolute Gasteiger partial charge is 0.388 e. The van der Waals surface area contributed by atoms with Crippen molar-refractivity contribution in [2.45, 2.75) is 70.1 Å². The van der Waals surface area contributed by atoms with Gasteiger partial charge in [-0.3, -0.25) is 29.7 Å². The Bertz CT molecular complexity index is 2190. The van der Waals surface area contributed by atoms with Crippen molar-refractivity contribution in [2.75, 3.05) is 26.7 Å². The second-order valence-corrected chi connectivity index (χ2v) is 14.5. The first kappa shape index (κ1) is 30.6. The van der Waals surface area contributed by atoms with Gasteiger partial charge in [0, 0.05) is 110 Å². The van der Waals surface area contributed by atoms with Crippen molar-refractivity contribution >= 4 is 21.8 Å². The summed E-state index contributed by atoms with van der Waals surface area (Å²) in [7, 11) is 4.42. The number of H-pyrrole nitrogens is 1. The van der Waals surface area contributed by atoms with Crippen LogP contribution < -0.4 is 0 Å². The van der Waals surface area contributed by atoms with E-state index in [4.69, 9.17) is 15.0 Å². The summed E-state index contributed by atoms with van der Waals surface area (Å²) in [5, 5.41) is 13.7. The van der Waals surface area contributed by atoms with Crippen LogP contribution in [-0.4, -0.2) is 71.1 Å². The summed E-state index contributed by atoms with van der Waals surface area (Å²) in [6.07, 6.45) is 12.6.